The van der Waals surface area contributed by atoms with Gasteiger partial charge in [0.2, 0.25) is 0 Å². The first-order valence-electron chi connectivity index (χ1n) is 6.65. The number of nitro groups is 1. The van der Waals surface area contributed by atoms with Gasteiger partial charge >= 0.3 is 0 Å². The summed E-state index contributed by atoms with van der Waals surface area (Å²) in [5, 5.41) is 14.1. The first-order valence-corrected chi connectivity index (χ1v) is 6.65. The molecule has 2 aromatic carbocycles. The molecule has 0 aliphatic carbocycles. The molecule has 0 aromatic heterocycles. The molecule has 0 spiro atoms. The molecular weight excluding hydrogens is 268 g/mol. The van der Waals surface area contributed by atoms with Gasteiger partial charge in [0.15, 0.2) is 0 Å². The van der Waals surface area contributed by atoms with Crippen molar-refractivity contribution in [2.75, 3.05) is 17.3 Å². The first kappa shape index (κ1) is 14.8. The number of hydrogen-bond acceptors (Lipinski definition) is 5. The van der Waals surface area contributed by atoms with E-state index < -0.39 is 4.92 Å². The Morgan fingerprint density at radius 2 is 1.86 bits per heavy atom. The number of nitrogens with two attached hydrogens (primary N) is 1. The second-order valence-corrected chi connectivity index (χ2v) is 4.86. The Morgan fingerprint density at radius 1 is 1.19 bits per heavy atom. The second-order valence-electron chi connectivity index (χ2n) is 4.86. The van der Waals surface area contributed by atoms with Crippen LogP contribution in [0.3, 0.4) is 0 Å². The summed E-state index contributed by atoms with van der Waals surface area (Å²) >= 11 is 0. The molecular formula is C15H18N4O2. The van der Waals surface area contributed by atoms with Crippen molar-refractivity contribution in [3.05, 3.63) is 64.2 Å². The van der Waals surface area contributed by atoms with Crippen molar-refractivity contribution in [2.45, 2.75) is 12.8 Å². The molecule has 6 nitrogen and oxygen atoms in total. The third-order valence-corrected chi connectivity index (χ3v) is 3.28. The van der Waals surface area contributed by atoms with E-state index in [1.807, 2.05) is 18.2 Å². The lowest BCUT2D eigenvalue weighted by molar-refractivity contribution is -0.384. The lowest BCUT2D eigenvalue weighted by Crippen LogP contribution is -2.11. The van der Waals surface area contributed by atoms with Crippen LogP contribution in [0.5, 0.6) is 0 Å². The lowest BCUT2D eigenvalue weighted by atomic mass is 10.0. The maximum atomic E-state index is 10.9. The Hall–Kier alpha value is -2.60. The summed E-state index contributed by atoms with van der Waals surface area (Å²) in [4.78, 5) is 10.5. The average Bonchev–Trinajstić information content (AvgIpc) is 2.53. The molecule has 21 heavy (non-hydrogen) atoms. The zero-order valence-electron chi connectivity index (χ0n) is 11.7. The number of anilines is 2. The lowest BCUT2D eigenvalue weighted by Gasteiger charge is -2.14. The summed E-state index contributed by atoms with van der Waals surface area (Å²) in [6.45, 7) is 2.77. The summed E-state index contributed by atoms with van der Waals surface area (Å²) in [7, 11) is 0. The number of hydrogen-bond donors (Lipinski definition) is 3. The molecule has 0 heterocycles. The molecule has 6 heteroatoms. The second kappa shape index (κ2) is 6.71. The van der Waals surface area contributed by atoms with Gasteiger partial charge in [-0.1, -0.05) is 37.3 Å². The molecule has 0 aliphatic heterocycles. The number of non-ortho nitro benzene ring substituents is 1. The maximum absolute atomic E-state index is 10.9. The molecule has 4 N–H and O–H groups in total. The average molecular weight is 286 g/mol. The number of hydrazine groups is 1. The Labute approximate surface area is 123 Å². The summed E-state index contributed by atoms with van der Waals surface area (Å²) in [5.74, 6) is 5.63. The van der Waals surface area contributed by atoms with E-state index in [-0.39, 0.29) is 5.69 Å². The highest BCUT2D eigenvalue weighted by atomic mass is 16.6. The van der Waals surface area contributed by atoms with Crippen molar-refractivity contribution in [3.8, 4) is 0 Å². The fourth-order valence-corrected chi connectivity index (χ4v) is 2.07. The molecule has 2 aromatic rings. The van der Waals surface area contributed by atoms with Crippen LogP contribution in [0.1, 0.15) is 18.4 Å². The van der Waals surface area contributed by atoms with Crippen LogP contribution in [0.2, 0.25) is 0 Å². The molecule has 2 rings (SSSR count). The van der Waals surface area contributed by atoms with Crippen molar-refractivity contribution in [3.63, 3.8) is 0 Å². The van der Waals surface area contributed by atoms with E-state index in [2.05, 4.69) is 29.8 Å². The topological polar surface area (TPSA) is 93.2 Å². The van der Waals surface area contributed by atoms with Crippen molar-refractivity contribution in [1.82, 2.24) is 0 Å². The van der Waals surface area contributed by atoms with Gasteiger partial charge in [-0.05, 0) is 17.5 Å². The van der Waals surface area contributed by atoms with Gasteiger partial charge in [0.05, 0.1) is 10.6 Å². The summed E-state index contributed by atoms with van der Waals surface area (Å²) in [6.07, 6.45) is 0. The summed E-state index contributed by atoms with van der Waals surface area (Å²) < 4.78 is 0. The maximum Gasteiger partial charge on any atom is 0.273 e. The third-order valence-electron chi connectivity index (χ3n) is 3.28. The van der Waals surface area contributed by atoms with Crippen LogP contribution in [0.25, 0.3) is 0 Å². The number of nitrogens with one attached hydrogen (secondary N) is 2. The van der Waals surface area contributed by atoms with Crippen LogP contribution >= 0.6 is 0 Å². The quantitative estimate of drug-likeness (QED) is 0.431. The van der Waals surface area contributed by atoms with Gasteiger partial charge in [0.25, 0.3) is 5.69 Å². The molecule has 0 saturated carbocycles. The zero-order valence-corrected chi connectivity index (χ0v) is 11.7. The zero-order chi connectivity index (χ0) is 15.2. The minimum Gasteiger partial charge on any atom is -0.384 e. The molecule has 1 atom stereocenters. The van der Waals surface area contributed by atoms with Gasteiger partial charge in [-0.25, -0.2) is 0 Å². The van der Waals surface area contributed by atoms with E-state index in [0.717, 1.165) is 0 Å². The predicted molar refractivity (Wildman–Crippen MR) is 84.3 cm³/mol. The number of benzene rings is 2. The minimum absolute atomic E-state index is 0.000291. The number of nitrogens with zero attached hydrogens (tertiary/aromatic N) is 1. The monoisotopic (exact) mass is 286 g/mol. The molecule has 0 fully saturated rings. The molecule has 1 unspecified atom stereocenters. The Kier molecular flexibility index (Phi) is 4.73. The SMILES string of the molecule is CC(CNc1cc(NN)cc([N+](=O)[O-])c1)c1ccccc1. The third kappa shape index (κ3) is 3.93. The largest absolute Gasteiger partial charge is 0.384 e. The standard InChI is InChI=1S/C15H18N4O2/c1-11(12-5-3-2-4-6-12)10-17-13-7-14(18-16)9-15(8-13)19(20)21/h2-9,11,17-18H,10,16H2,1H3. The highest BCUT2D eigenvalue weighted by Crippen LogP contribution is 2.24. The normalized spacial score (nSPS) is 11.7. The highest BCUT2D eigenvalue weighted by Gasteiger charge is 2.10. The van der Waals surface area contributed by atoms with E-state index in [9.17, 15) is 10.1 Å². The Bertz CT molecular complexity index is 616. The Morgan fingerprint density at radius 3 is 2.48 bits per heavy atom. The van der Waals surface area contributed by atoms with Gasteiger partial charge in [0, 0.05) is 24.4 Å². The van der Waals surface area contributed by atoms with E-state index >= 15 is 0 Å². The van der Waals surface area contributed by atoms with Crippen molar-refractivity contribution < 1.29 is 4.92 Å². The minimum atomic E-state index is -0.438. The van der Waals surface area contributed by atoms with E-state index in [1.54, 1.807) is 6.07 Å². The van der Waals surface area contributed by atoms with Crippen LogP contribution in [0.4, 0.5) is 17.1 Å². The smallest absolute Gasteiger partial charge is 0.273 e. The van der Waals surface area contributed by atoms with Gasteiger partial charge < -0.3 is 10.7 Å². The molecule has 0 radical (unpaired) electrons. The molecule has 110 valence electrons. The molecule has 0 aliphatic rings. The highest BCUT2D eigenvalue weighted by molar-refractivity contribution is 5.63. The van der Waals surface area contributed by atoms with E-state index in [4.69, 9.17) is 5.84 Å². The number of nitrogen functional groups attached to an aromatic ring is 1. The van der Waals surface area contributed by atoms with Crippen LogP contribution in [0.15, 0.2) is 48.5 Å². The van der Waals surface area contributed by atoms with Crippen molar-refractivity contribution in [1.29, 1.82) is 0 Å². The van der Waals surface area contributed by atoms with Crippen molar-refractivity contribution >= 4 is 17.1 Å². The summed E-state index contributed by atoms with van der Waals surface area (Å²) in [6, 6.07) is 14.7. The number of nitro benzene ring substituents is 1. The fourth-order valence-electron chi connectivity index (χ4n) is 2.07. The van der Waals surface area contributed by atoms with Gasteiger partial charge in [-0.15, -0.1) is 0 Å². The van der Waals surface area contributed by atoms with Gasteiger partial charge in [-0.3, -0.25) is 16.0 Å². The number of rotatable bonds is 6. The van der Waals surface area contributed by atoms with Crippen LogP contribution in [0, 0.1) is 10.1 Å². The van der Waals surface area contributed by atoms with Gasteiger partial charge in [-0.2, -0.15) is 0 Å². The van der Waals surface area contributed by atoms with Crippen molar-refractivity contribution in [2.24, 2.45) is 5.84 Å². The predicted octanol–water partition coefficient (Wildman–Crippen LogP) is 3.10. The molecule has 0 bridgehead atoms. The summed E-state index contributed by atoms with van der Waals surface area (Å²) in [5.41, 5.74) is 4.82. The molecule has 0 amide bonds. The van der Waals surface area contributed by atoms with Gasteiger partial charge in [0.1, 0.15) is 0 Å². The Balaban J connectivity index is 2.09. The molecule has 0 saturated heterocycles. The first-order chi connectivity index (χ1) is 10.1. The van der Waals surface area contributed by atoms with Crippen LogP contribution in [-0.2, 0) is 0 Å². The van der Waals surface area contributed by atoms with E-state index in [0.29, 0.717) is 23.8 Å². The van der Waals surface area contributed by atoms with Crippen LogP contribution < -0.4 is 16.6 Å². The van der Waals surface area contributed by atoms with Crippen LogP contribution in [-0.4, -0.2) is 11.5 Å². The van der Waals surface area contributed by atoms with E-state index in [1.165, 1.54) is 17.7 Å². The fraction of sp³-hybridized carbons (Fsp3) is 0.200.